The van der Waals surface area contributed by atoms with Gasteiger partial charge in [0.25, 0.3) is 0 Å². The second-order valence-electron chi connectivity index (χ2n) is 5.55. The molecular formula is C16H16BrN3OS. The third kappa shape index (κ3) is 2.55. The van der Waals surface area contributed by atoms with Crippen LogP contribution >= 0.6 is 27.3 Å². The third-order valence-corrected chi connectivity index (χ3v) is 5.52. The first-order valence-corrected chi connectivity index (χ1v) is 8.90. The maximum atomic E-state index is 6.10. The summed E-state index contributed by atoms with van der Waals surface area (Å²) >= 11 is 5.19. The Bertz CT molecular complexity index is 735. The van der Waals surface area contributed by atoms with Crippen LogP contribution in [0.4, 0.5) is 5.69 Å². The Hall–Kier alpha value is -1.37. The molecule has 0 amide bonds. The van der Waals surface area contributed by atoms with E-state index >= 15 is 0 Å². The second kappa shape index (κ2) is 5.68. The molecule has 2 aliphatic heterocycles. The van der Waals surface area contributed by atoms with Crippen LogP contribution in [0, 0.1) is 0 Å². The van der Waals surface area contributed by atoms with Crippen molar-refractivity contribution in [2.24, 2.45) is 4.99 Å². The summed E-state index contributed by atoms with van der Waals surface area (Å²) in [5.41, 5.74) is 1.98. The number of thiophene rings is 1. The van der Waals surface area contributed by atoms with Gasteiger partial charge in [-0.05, 0) is 41.2 Å². The van der Waals surface area contributed by atoms with E-state index in [9.17, 15) is 0 Å². The minimum absolute atomic E-state index is 0.822. The molecule has 4 nitrogen and oxygen atoms in total. The van der Waals surface area contributed by atoms with Crippen LogP contribution in [0.25, 0.3) is 0 Å². The van der Waals surface area contributed by atoms with Crippen molar-refractivity contribution < 1.29 is 4.74 Å². The highest BCUT2D eigenvalue weighted by atomic mass is 79.9. The molecule has 0 spiro atoms. The molecule has 0 aliphatic carbocycles. The molecule has 3 heterocycles. The van der Waals surface area contributed by atoms with E-state index in [4.69, 9.17) is 9.73 Å². The van der Waals surface area contributed by atoms with Crippen LogP contribution in [0.3, 0.4) is 0 Å². The van der Waals surface area contributed by atoms with Crippen molar-refractivity contribution in [3.8, 4) is 10.8 Å². The Morgan fingerprint density at radius 3 is 2.77 bits per heavy atom. The van der Waals surface area contributed by atoms with E-state index < -0.39 is 0 Å². The average Bonchev–Trinajstić information content (AvgIpc) is 2.80. The molecule has 2 aliphatic rings. The Labute approximate surface area is 142 Å². The average molecular weight is 378 g/mol. The Morgan fingerprint density at radius 1 is 1.18 bits per heavy atom. The summed E-state index contributed by atoms with van der Waals surface area (Å²) < 4.78 is 7.17. The molecule has 0 atom stereocenters. The van der Waals surface area contributed by atoms with E-state index in [0.29, 0.717) is 0 Å². The van der Waals surface area contributed by atoms with Gasteiger partial charge in [0, 0.05) is 26.2 Å². The van der Waals surface area contributed by atoms with E-state index in [1.54, 1.807) is 11.3 Å². The van der Waals surface area contributed by atoms with Gasteiger partial charge >= 0.3 is 0 Å². The number of fused-ring (bicyclic) bond motifs is 2. The van der Waals surface area contributed by atoms with Gasteiger partial charge in [0.1, 0.15) is 11.5 Å². The number of benzene rings is 1. The van der Waals surface area contributed by atoms with Gasteiger partial charge in [-0.1, -0.05) is 23.5 Å². The zero-order valence-corrected chi connectivity index (χ0v) is 14.7. The first-order chi connectivity index (χ1) is 10.7. The van der Waals surface area contributed by atoms with Gasteiger partial charge in [-0.2, -0.15) is 0 Å². The van der Waals surface area contributed by atoms with Crippen molar-refractivity contribution in [2.75, 3.05) is 33.2 Å². The van der Waals surface area contributed by atoms with Gasteiger partial charge in [0.2, 0.25) is 0 Å². The van der Waals surface area contributed by atoms with Gasteiger partial charge < -0.3 is 14.5 Å². The largest absolute Gasteiger partial charge is 0.444 e. The van der Waals surface area contributed by atoms with Crippen LogP contribution in [0.15, 0.2) is 39.1 Å². The molecule has 1 aromatic heterocycles. The van der Waals surface area contributed by atoms with Crippen molar-refractivity contribution in [1.82, 2.24) is 9.80 Å². The van der Waals surface area contributed by atoms with Crippen LogP contribution in [0.1, 0.15) is 5.56 Å². The number of hydrogen-bond donors (Lipinski definition) is 0. The van der Waals surface area contributed by atoms with Crippen molar-refractivity contribution in [1.29, 1.82) is 0 Å². The number of likely N-dealkylation sites (N-methyl/N-ethyl adjacent to an activating group) is 1. The number of aliphatic imine (C=N–C) groups is 1. The smallest absolute Gasteiger partial charge is 0.193 e. The number of nitrogens with zero attached hydrogens (tertiary/aromatic N) is 3. The molecule has 0 N–H and O–H groups in total. The van der Waals surface area contributed by atoms with Crippen molar-refractivity contribution in [3.05, 3.63) is 39.7 Å². The Morgan fingerprint density at radius 2 is 1.95 bits per heavy atom. The first-order valence-electron chi connectivity index (χ1n) is 7.29. The maximum absolute atomic E-state index is 6.10. The SMILES string of the molecule is CN1CCN(C2=Nc3ccccc3Oc3sc(Br)cc32)CC1. The minimum Gasteiger partial charge on any atom is -0.444 e. The van der Waals surface area contributed by atoms with Gasteiger partial charge in [0.15, 0.2) is 10.8 Å². The van der Waals surface area contributed by atoms with Crippen LogP contribution in [-0.2, 0) is 0 Å². The molecule has 2 aromatic rings. The number of halogens is 1. The van der Waals surface area contributed by atoms with Crippen LogP contribution in [0.5, 0.6) is 10.8 Å². The van der Waals surface area contributed by atoms with Gasteiger partial charge in [-0.15, -0.1) is 0 Å². The number of rotatable bonds is 0. The molecule has 0 unspecified atom stereocenters. The monoisotopic (exact) mass is 377 g/mol. The third-order valence-electron chi connectivity index (χ3n) is 4.01. The minimum atomic E-state index is 0.822. The zero-order chi connectivity index (χ0) is 15.1. The lowest BCUT2D eigenvalue weighted by molar-refractivity contribution is 0.216. The Balaban J connectivity index is 1.81. The second-order valence-corrected chi connectivity index (χ2v) is 7.94. The summed E-state index contributed by atoms with van der Waals surface area (Å²) in [6.07, 6.45) is 0. The number of ether oxygens (including phenoxy) is 1. The molecule has 1 fully saturated rings. The highest BCUT2D eigenvalue weighted by Crippen LogP contribution is 2.43. The number of piperazine rings is 1. The number of amidine groups is 1. The van der Waals surface area contributed by atoms with Crippen molar-refractivity contribution in [3.63, 3.8) is 0 Å². The summed E-state index contributed by atoms with van der Waals surface area (Å²) in [4.78, 5) is 9.64. The number of para-hydroxylation sites is 2. The van der Waals surface area contributed by atoms with E-state index in [-0.39, 0.29) is 0 Å². The van der Waals surface area contributed by atoms with E-state index in [2.05, 4.69) is 38.8 Å². The molecule has 0 bridgehead atoms. The molecule has 0 saturated carbocycles. The molecule has 6 heteroatoms. The molecule has 4 rings (SSSR count). The van der Waals surface area contributed by atoms with Gasteiger partial charge in [0.05, 0.1) is 9.35 Å². The highest BCUT2D eigenvalue weighted by molar-refractivity contribution is 9.11. The fourth-order valence-electron chi connectivity index (χ4n) is 2.75. The van der Waals surface area contributed by atoms with Crippen molar-refractivity contribution >= 4 is 38.8 Å². The highest BCUT2D eigenvalue weighted by Gasteiger charge is 2.26. The predicted octanol–water partition coefficient (Wildman–Crippen LogP) is 3.94. The summed E-state index contributed by atoms with van der Waals surface area (Å²) in [5.74, 6) is 1.84. The maximum Gasteiger partial charge on any atom is 0.193 e. The van der Waals surface area contributed by atoms with Gasteiger partial charge in [-0.25, -0.2) is 4.99 Å². The summed E-state index contributed by atoms with van der Waals surface area (Å²) in [6, 6.07) is 10.1. The van der Waals surface area contributed by atoms with Crippen LogP contribution in [-0.4, -0.2) is 48.9 Å². The molecule has 114 valence electrons. The summed E-state index contributed by atoms with van der Waals surface area (Å²) in [7, 11) is 2.16. The topological polar surface area (TPSA) is 28.1 Å². The van der Waals surface area contributed by atoms with E-state index in [1.807, 2.05) is 24.3 Å². The van der Waals surface area contributed by atoms with Crippen LogP contribution in [0.2, 0.25) is 0 Å². The zero-order valence-electron chi connectivity index (χ0n) is 12.3. The number of hydrogen-bond acceptors (Lipinski definition) is 5. The lowest BCUT2D eigenvalue weighted by Crippen LogP contribution is -2.47. The molecule has 22 heavy (non-hydrogen) atoms. The van der Waals surface area contributed by atoms with Crippen molar-refractivity contribution in [2.45, 2.75) is 0 Å². The molecule has 1 saturated heterocycles. The quantitative estimate of drug-likeness (QED) is 0.695. The lowest BCUT2D eigenvalue weighted by Gasteiger charge is -2.34. The fourth-order valence-corrected chi connectivity index (χ4v) is 4.16. The fraction of sp³-hybridized carbons (Fsp3) is 0.312. The van der Waals surface area contributed by atoms with Crippen LogP contribution < -0.4 is 4.74 Å². The summed E-state index contributed by atoms with van der Waals surface area (Å²) in [5, 5.41) is 0.912. The predicted molar refractivity (Wildman–Crippen MR) is 93.8 cm³/mol. The molecular weight excluding hydrogens is 362 g/mol. The molecule has 0 radical (unpaired) electrons. The summed E-state index contributed by atoms with van der Waals surface area (Å²) in [6.45, 7) is 4.10. The Kier molecular flexibility index (Phi) is 3.68. The normalized spacial score (nSPS) is 18.1. The van der Waals surface area contributed by atoms with E-state index in [1.165, 1.54) is 0 Å². The first kappa shape index (κ1) is 14.2. The van der Waals surface area contributed by atoms with E-state index in [0.717, 1.165) is 57.9 Å². The molecule has 1 aromatic carbocycles. The van der Waals surface area contributed by atoms with Gasteiger partial charge in [-0.3, -0.25) is 0 Å². The lowest BCUT2D eigenvalue weighted by atomic mass is 10.2. The standard InChI is InChI=1S/C16H16BrN3OS/c1-19-6-8-20(9-7-19)15-11-10-14(17)22-16(11)21-13-5-3-2-4-12(13)18-15/h2-5,10H,6-9H2,1H3.